The first-order chi connectivity index (χ1) is 4.27. The molecule has 6 nitrogen and oxygen atoms in total. The van der Waals surface area contributed by atoms with Gasteiger partial charge in [0.2, 0.25) is 0 Å². The number of rotatable bonds is 3. The number of hydrogen-bond acceptors (Lipinski definition) is 4. The molecule has 10 heavy (non-hydrogen) atoms. The third-order valence-corrected chi connectivity index (χ3v) is 1.54. The molecule has 0 fully saturated rings. The van der Waals surface area contributed by atoms with E-state index in [2.05, 4.69) is 0 Å². The summed E-state index contributed by atoms with van der Waals surface area (Å²) in [5, 5.41) is 0. The van der Waals surface area contributed by atoms with Crippen LogP contribution in [0.4, 0.5) is 0 Å². The minimum atomic E-state index is -4.29. The number of hydrogen-bond donors (Lipinski definition) is 4. The van der Waals surface area contributed by atoms with Gasteiger partial charge in [0.05, 0.1) is 0 Å². The summed E-state index contributed by atoms with van der Waals surface area (Å²) in [6.07, 6.45) is 0.187. The average molecular weight is 169 g/mol. The van der Waals surface area contributed by atoms with Crippen LogP contribution >= 0.6 is 0 Å². The van der Waals surface area contributed by atoms with E-state index < -0.39 is 16.1 Å². The van der Waals surface area contributed by atoms with Crippen molar-refractivity contribution < 1.29 is 13.0 Å². The van der Waals surface area contributed by atoms with Gasteiger partial charge in [0.25, 0.3) is 0 Å². The molecular weight excluding hydrogens is 158 g/mol. The van der Waals surface area contributed by atoms with Gasteiger partial charge in [0.1, 0.15) is 5.79 Å². The Morgan fingerprint density at radius 1 is 1.60 bits per heavy atom. The highest BCUT2D eigenvalue weighted by Crippen LogP contribution is 1.92. The lowest BCUT2D eigenvalue weighted by Crippen LogP contribution is -2.62. The summed E-state index contributed by atoms with van der Waals surface area (Å²) in [7, 11) is -4.29. The predicted molar refractivity (Wildman–Crippen MR) is 36.1 cm³/mol. The molecule has 0 aliphatic heterocycles. The molecule has 0 aliphatic carbocycles. The summed E-state index contributed by atoms with van der Waals surface area (Å²) in [6.45, 7) is 1.58. The van der Waals surface area contributed by atoms with Gasteiger partial charge in [-0.05, 0) is 6.42 Å². The third kappa shape index (κ3) is 4.65. The topological polar surface area (TPSA) is 118 Å². The molecule has 0 heterocycles. The van der Waals surface area contributed by atoms with E-state index in [1.54, 1.807) is 11.6 Å². The van der Waals surface area contributed by atoms with E-state index in [9.17, 15) is 8.42 Å². The number of nitrogens with two attached hydrogens (primary N) is 2. The molecule has 0 saturated carbocycles. The van der Waals surface area contributed by atoms with Gasteiger partial charge in [-0.3, -0.25) is 4.55 Å². The highest BCUT2D eigenvalue weighted by atomic mass is 32.2. The van der Waals surface area contributed by atoms with Crippen molar-refractivity contribution in [1.29, 1.82) is 0 Å². The molecule has 0 atom stereocenters. The Balaban J connectivity index is 4.16. The quantitative estimate of drug-likeness (QED) is 0.298. The van der Waals surface area contributed by atoms with Crippen molar-refractivity contribution >= 4 is 10.3 Å². The van der Waals surface area contributed by atoms with Crippen molar-refractivity contribution in [2.75, 3.05) is 0 Å². The molecular formula is C3H11N3O3S. The zero-order valence-corrected chi connectivity index (χ0v) is 6.35. The fourth-order valence-electron chi connectivity index (χ4n) is 0.312. The van der Waals surface area contributed by atoms with Gasteiger partial charge in [-0.1, -0.05) is 6.92 Å². The van der Waals surface area contributed by atoms with Crippen molar-refractivity contribution in [3.05, 3.63) is 0 Å². The van der Waals surface area contributed by atoms with Gasteiger partial charge in [-0.15, -0.1) is 0 Å². The fraction of sp³-hybridized carbons (Fsp3) is 1.00. The smallest absolute Gasteiger partial charge is 0.300 e. The molecule has 0 rings (SSSR count). The van der Waals surface area contributed by atoms with Crippen molar-refractivity contribution in [3.8, 4) is 0 Å². The van der Waals surface area contributed by atoms with Gasteiger partial charge in [0, 0.05) is 0 Å². The molecule has 0 aromatic rings. The van der Waals surface area contributed by atoms with Crippen LogP contribution < -0.4 is 16.2 Å². The van der Waals surface area contributed by atoms with Crippen LogP contribution in [0.1, 0.15) is 13.3 Å². The third-order valence-electron chi connectivity index (χ3n) is 0.904. The zero-order valence-electron chi connectivity index (χ0n) is 5.53. The van der Waals surface area contributed by atoms with E-state index in [-0.39, 0.29) is 6.42 Å². The molecule has 0 saturated heterocycles. The second-order valence-corrected chi connectivity index (χ2v) is 3.13. The first-order valence-corrected chi connectivity index (χ1v) is 4.05. The Morgan fingerprint density at radius 3 is 2.10 bits per heavy atom. The number of nitrogens with one attached hydrogen (secondary N) is 1. The summed E-state index contributed by atoms with van der Waals surface area (Å²) >= 11 is 0. The molecule has 0 unspecified atom stereocenters. The van der Waals surface area contributed by atoms with Crippen LogP contribution in [-0.2, 0) is 10.3 Å². The van der Waals surface area contributed by atoms with Gasteiger partial charge < -0.3 is 11.5 Å². The van der Waals surface area contributed by atoms with Crippen molar-refractivity contribution in [2.45, 2.75) is 19.1 Å². The summed E-state index contributed by atoms with van der Waals surface area (Å²) in [4.78, 5) is 0. The molecule has 0 aliphatic rings. The van der Waals surface area contributed by atoms with E-state index >= 15 is 0 Å². The average Bonchev–Trinajstić information content (AvgIpc) is 1.60. The van der Waals surface area contributed by atoms with E-state index in [1.165, 1.54) is 0 Å². The van der Waals surface area contributed by atoms with Crippen LogP contribution in [0.3, 0.4) is 0 Å². The second kappa shape index (κ2) is 2.81. The molecule has 0 radical (unpaired) electrons. The molecule has 0 aromatic heterocycles. The summed E-state index contributed by atoms with van der Waals surface area (Å²) in [5.41, 5.74) is 10.3. The molecule has 0 aromatic carbocycles. The molecule has 0 amide bonds. The van der Waals surface area contributed by atoms with Crippen LogP contribution in [0.5, 0.6) is 0 Å². The first-order valence-electron chi connectivity index (χ1n) is 2.61. The van der Waals surface area contributed by atoms with Crippen LogP contribution in [0.2, 0.25) is 0 Å². The lowest BCUT2D eigenvalue weighted by molar-refractivity contribution is 0.366. The summed E-state index contributed by atoms with van der Waals surface area (Å²) in [5.74, 6) is -1.56. The Morgan fingerprint density at radius 2 is 2.00 bits per heavy atom. The van der Waals surface area contributed by atoms with Crippen LogP contribution in [0.25, 0.3) is 0 Å². The highest BCUT2D eigenvalue weighted by molar-refractivity contribution is 7.83. The Hall–Kier alpha value is -0.210. The second-order valence-electron chi connectivity index (χ2n) is 1.97. The Bertz CT molecular complexity index is 197. The van der Waals surface area contributed by atoms with E-state index in [1.807, 2.05) is 0 Å². The Kier molecular flexibility index (Phi) is 2.75. The van der Waals surface area contributed by atoms with Crippen LogP contribution in [-0.4, -0.2) is 18.8 Å². The van der Waals surface area contributed by atoms with Crippen molar-refractivity contribution in [2.24, 2.45) is 11.5 Å². The van der Waals surface area contributed by atoms with Crippen LogP contribution in [0.15, 0.2) is 0 Å². The summed E-state index contributed by atoms with van der Waals surface area (Å²) in [6, 6.07) is 0. The van der Waals surface area contributed by atoms with Crippen LogP contribution in [0, 0.1) is 0 Å². The predicted octanol–water partition coefficient (Wildman–Crippen LogP) is -1.64. The van der Waals surface area contributed by atoms with Gasteiger partial charge in [-0.2, -0.15) is 13.1 Å². The standard InChI is InChI=1S/C3H11N3O3S/c1-2-3(4,5)6-10(7,8)9/h6H,2,4-5H2,1H3,(H,7,8,9). The molecule has 0 spiro atoms. The maximum atomic E-state index is 10.1. The lowest BCUT2D eigenvalue weighted by atomic mass is 10.3. The molecule has 0 bridgehead atoms. The maximum Gasteiger partial charge on any atom is 0.335 e. The van der Waals surface area contributed by atoms with Crippen molar-refractivity contribution in [3.63, 3.8) is 0 Å². The minimum absolute atomic E-state index is 0.187. The highest BCUT2D eigenvalue weighted by Gasteiger charge is 2.21. The molecule has 6 N–H and O–H groups in total. The molecule has 62 valence electrons. The Labute approximate surface area is 59.5 Å². The van der Waals surface area contributed by atoms with E-state index in [0.717, 1.165) is 0 Å². The largest absolute Gasteiger partial charge is 0.335 e. The van der Waals surface area contributed by atoms with Crippen molar-refractivity contribution in [1.82, 2.24) is 4.72 Å². The molecule has 7 heteroatoms. The van der Waals surface area contributed by atoms with E-state index in [0.29, 0.717) is 0 Å². The zero-order chi connectivity index (χ0) is 8.41. The minimum Gasteiger partial charge on any atom is -0.300 e. The monoisotopic (exact) mass is 169 g/mol. The van der Waals surface area contributed by atoms with E-state index in [4.69, 9.17) is 16.0 Å². The fourth-order valence-corrected chi connectivity index (χ4v) is 0.937. The lowest BCUT2D eigenvalue weighted by Gasteiger charge is -2.21. The van der Waals surface area contributed by atoms with Gasteiger partial charge in [-0.25, -0.2) is 0 Å². The van der Waals surface area contributed by atoms with Gasteiger partial charge in [0.15, 0.2) is 0 Å². The van der Waals surface area contributed by atoms with Gasteiger partial charge >= 0.3 is 10.3 Å². The SMILES string of the molecule is CCC(N)(N)NS(=O)(=O)O. The normalized spacial score (nSPS) is 13.6. The first kappa shape index (κ1) is 9.79. The summed E-state index contributed by atoms with van der Waals surface area (Å²) < 4.78 is 30.0. The maximum absolute atomic E-state index is 10.1.